The van der Waals surface area contributed by atoms with Gasteiger partial charge in [-0.05, 0) is 38.1 Å². The third kappa shape index (κ3) is 4.39. The lowest BCUT2D eigenvalue weighted by atomic mass is 10.1. The van der Waals surface area contributed by atoms with Crippen molar-refractivity contribution >= 4 is 6.29 Å². The van der Waals surface area contributed by atoms with Gasteiger partial charge in [0.05, 0.1) is 5.69 Å². The van der Waals surface area contributed by atoms with Crippen LogP contribution in [0.2, 0.25) is 0 Å². The Hall–Kier alpha value is -2.20. The van der Waals surface area contributed by atoms with Crippen LogP contribution in [-0.2, 0) is 0 Å². The first-order valence-corrected chi connectivity index (χ1v) is 8.23. The van der Waals surface area contributed by atoms with Gasteiger partial charge in [0.1, 0.15) is 12.9 Å². The average molecular weight is 310 g/mol. The summed E-state index contributed by atoms with van der Waals surface area (Å²) in [6.45, 7) is 3.96. The van der Waals surface area contributed by atoms with Gasteiger partial charge in [0, 0.05) is 23.7 Å². The number of likely N-dealkylation sites (tertiary alicyclic amines) is 1. The molecule has 4 heteroatoms. The zero-order valence-corrected chi connectivity index (χ0v) is 13.3. The second-order valence-corrected chi connectivity index (χ2v) is 5.86. The minimum Gasteiger partial charge on any atom is -0.476 e. The van der Waals surface area contributed by atoms with Gasteiger partial charge in [-0.2, -0.15) is 0 Å². The van der Waals surface area contributed by atoms with Crippen LogP contribution in [0, 0.1) is 0 Å². The average Bonchev–Trinajstić information content (AvgIpc) is 2.63. The molecule has 0 amide bonds. The normalized spacial score (nSPS) is 15.3. The summed E-state index contributed by atoms with van der Waals surface area (Å²) in [5.41, 5.74) is 2.40. The first-order valence-electron chi connectivity index (χ1n) is 8.23. The van der Waals surface area contributed by atoms with Crippen LogP contribution in [-0.4, -0.2) is 42.4 Å². The molecule has 1 aromatic heterocycles. The number of hydrogen-bond acceptors (Lipinski definition) is 4. The summed E-state index contributed by atoms with van der Waals surface area (Å²) < 4.78 is 5.81. The second-order valence-electron chi connectivity index (χ2n) is 5.86. The van der Waals surface area contributed by atoms with E-state index in [1.807, 2.05) is 36.4 Å². The van der Waals surface area contributed by atoms with Crippen molar-refractivity contribution in [2.45, 2.75) is 19.3 Å². The van der Waals surface area contributed by atoms with Gasteiger partial charge in [-0.3, -0.25) is 9.69 Å². The molecular formula is C19H22N2O2. The number of ether oxygens (including phenoxy) is 1. The highest BCUT2D eigenvalue weighted by Crippen LogP contribution is 2.20. The van der Waals surface area contributed by atoms with Crippen LogP contribution < -0.4 is 4.74 Å². The lowest BCUT2D eigenvalue weighted by Crippen LogP contribution is -2.33. The molecule has 4 nitrogen and oxygen atoms in total. The molecular weight excluding hydrogens is 288 g/mol. The third-order valence-electron chi connectivity index (χ3n) is 4.15. The molecule has 1 aliphatic rings. The molecule has 0 N–H and O–H groups in total. The summed E-state index contributed by atoms with van der Waals surface area (Å²) in [7, 11) is 0. The van der Waals surface area contributed by atoms with E-state index in [2.05, 4.69) is 9.88 Å². The first-order chi connectivity index (χ1) is 11.3. The smallest absolute Gasteiger partial charge is 0.213 e. The monoisotopic (exact) mass is 310 g/mol. The van der Waals surface area contributed by atoms with Gasteiger partial charge >= 0.3 is 0 Å². The van der Waals surface area contributed by atoms with Crippen LogP contribution >= 0.6 is 0 Å². The molecule has 1 saturated heterocycles. The number of piperidine rings is 1. The summed E-state index contributed by atoms with van der Waals surface area (Å²) in [5, 5.41) is 0. The highest BCUT2D eigenvalue weighted by atomic mass is 16.5. The number of aromatic nitrogens is 1. The Bertz CT molecular complexity index is 651. The standard InChI is InChI=1S/C19H22N2O2/c22-15-16-6-4-7-17(14-16)18-8-5-9-19(20-18)23-13-12-21-10-2-1-3-11-21/h4-9,14-15H,1-3,10-13H2. The summed E-state index contributed by atoms with van der Waals surface area (Å²) in [4.78, 5) is 17.9. The maximum absolute atomic E-state index is 10.9. The van der Waals surface area contributed by atoms with Gasteiger partial charge in [0.15, 0.2) is 0 Å². The van der Waals surface area contributed by atoms with E-state index in [-0.39, 0.29) is 0 Å². The molecule has 0 spiro atoms. The van der Waals surface area contributed by atoms with E-state index < -0.39 is 0 Å². The third-order valence-corrected chi connectivity index (χ3v) is 4.15. The van der Waals surface area contributed by atoms with Crippen LogP contribution in [0.1, 0.15) is 29.6 Å². The molecule has 0 aliphatic carbocycles. The molecule has 3 rings (SSSR count). The molecule has 1 fully saturated rings. The summed E-state index contributed by atoms with van der Waals surface area (Å²) in [5.74, 6) is 0.635. The lowest BCUT2D eigenvalue weighted by Gasteiger charge is -2.26. The quantitative estimate of drug-likeness (QED) is 0.767. The molecule has 23 heavy (non-hydrogen) atoms. The topological polar surface area (TPSA) is 42.4 Å². The van der Waals surface area contributed by atoms with Crippen molar-refractivity contribution in [3.8, 4) is 17.1 Å². The minimum atomic E-state index is 0.635. The van der Waals surface area contributed by atoms with Crippen molar-refractivity contribution in [2.24, 2.45) is 0 Å². The molecule has 0 unspecified atom stereocenters. The number of aldehydes is 1. The van der Waals surface area contributed by atoms with Crippen molar-refractivity contribution in [2.75, 3.05) is 26.2 Å². The molecule has 0 bridgehead atoms. The largest absolute Gasteiger partial charge is 0.476 e. The van der Waals surface area contributed by atoms with Gasteiger partial charge in [-0.1, -0.05) is 30.7 Å². The Morgan fingerprint density at radius 2 is 1.91 bits per heavy atom. The van der Waals surface area contributed by atoms with Crippen LogP contribution in [0.25, 0.3) is 11.3 Å². The summed E-state index contributed by atoms with van der Waals surface area (Å²) >= 11 is 0. The zero-order valence-electron chi connectivity index (χ0n) is 13.3. The number of hydrogen-bond donors (Lipinski definition) is 0. The Labute approximate surface area is 137 Å². The maximum atomic E-state index is 10.9. The fourth-order valence-corrected chi connectivity index (χ4v) is 2.89. The molecule has 1 aliphatic heterocycles. The van der Waals surface area contributed by atoms with Crippen LogP contribution in [0.4, 0.5) is 0 Å². The van der Waals surface area contributed by atoms with Crippen LogP contribution in [0.3, 0.4) is 0 Å². The Morgan fingerprint density at radius 1 is 1.09 bits per heavy atom. The predicted molar refractivity (Wildman–Crippen MR) is 90.8 cm³/mol. The highest BCUT2D eigenvalue weighted by molar-refractivity contribution is 5.78. The zero-order chi connectivity index (χ0) is 15.9. The number of benzene rings is 1. The fourth-order valence-electron chi connectivity index (χ4n) is 2.89. The first kappa shape index (κ1) is 15.7. The number of carbonyl (C=O) groups is 1. The van der Waals surface area contributed by atoms with E-state index in [1.54, 1.807) is 6.07 Å². The van der Waals surface area contributed by atoms with E-state index in [0.29, 0.717) is 18.1 Å². The van der Waals surface area contributed by atoms with Crippen molar-refractivity contribution in [1.82, 2.24) is 9.88 Å². The number of nitrogens with zero attached hydrogens (tertiary/aromatic N) is 2. The van der Waals surface area contributed by atoms with E-state index in [4.69, 9.17) is 4.74 Å². The molecule has 0 saturated carbocycles. The van der Waals surface area contributed by atoms with Gasteiger partial charge in [-0.25, -0.2) is 4.98 Å². The lowest BCUT2D eigenvalue weighted by molar-refractivity contribution is 0.112. The summed E-state index contributed by atoms with van der Waals surface area (Å²) in [6.07, 6.45) is 4.78. The molecule has 2 aromatic rings. The highest BCUT2D eigenvalue weighted by Gasteiger charge is 2.10. The molecule has 2 heterocycles. The Morgan fingerprint density at radius 3 is 2.74 bits per heavy atom. The number of rotatable bonds is 6. The number of carbonyl (C=O) groups excluding carboxylic acids is 1. The van der Waals surface area contributed by atoms with Gasteiger partial charge in [0.2, 0.25) is 5.88 Å². The van der Waals surface area contributed by atoms with E-state index in [1.165, 1.54) is 32.4 Å². The van der Waals surface area contributed by atoms with Crippen LogP contribution in [0.15, 0.2) is 42.5 Å². The molecule has 1 aromatic carbocycles. The predicted octanol–water partition coefficient (Wildman–Crippen LogP) is 3.43. The minimum absolute atomic E-state index is 0.635. The van der Waals surface area contributed by atoms with Crippen molar-refractivity contribution in [3.63, 3.8) is 0 Å². The van der Waals surface area contributed by atoms with E-state index in [9.17, 15) is 4.79 Å². The van der Waals surface area contributed by atoms with E-state index >= 15 is 0 Å². The van der Waals surface area contributed by atoms with Crippen molar-refractivity contribution < 1.29 is 9.53 Å². The van der Waals surface area contributed by atoms with Gasteiger partial charge < -0.3 is 4.74 Å². The van der Waals surface area contributed by atoms with Gasteiger partial charge in [0.25, 0.3) is 0 Å². The molecule has 0 atom stereocenters. The molecule has 120 valence electrons. The second kappa shape index (κ2) is 7.88. The maximum Gasteiger partial charge on any atom is 0.213 e. The fraction of sp³-hybridized carbons (Fsp3) is 0.368. The summed E-state index contributed by atoms with van der Waals surface area (Å²) in [6, 6.07) is 13.2. The van der Waals surface area contributed by atoms with E-state index in [0.717, 1.165) is 24.1 Å². The Balaban J connectivity index is 1.61. The Kier molecular flexibility index (Phi) is 5.37. The van der Waals surface area contributed by atoms with Gasteiger partial charge in [-0.15, -0.1) is 0 Å². The molecule has 0 radical (unpaired) electrons. The van der Waals surface area contributed by atoms with Crippen LogP contribution in [0.5, 0.6) is 5.88 Å². The number of pyridine rings is 1. The van der Waals surface area contributed by atoms with Crippen molar-refractivity contribution in [1.29, 1.82) is 0 Å². The SMILES string of the molecule is O=Cc1cccc(-c2cccc(OCCN3CCCCC3)n2)c1. The van der Waals surface area contributed by atoms with Crippen molar-refractivity contribution in [3.05, 3.63) is 48.0 Å².